The molecule has 6 N–H and O–H groups in total. The monoisotopic (exact) mass is 373 g/mol. The maximum absolute atomic E-state index is 10.2. The van der Waals surface area contributed by atoms with E-state index in [1.807, 2.05) is 6.92 Å². The minimum Gasteiger partial charge on any atom is -0.493 e. The van der Waals surface area contributed by atoms with Gasteiger partial charge in [0.2, 0.25) is 12.0 Å². The molecule has 1 fully saturated rings. The Morgan fingerprint density at radius 1 is 1.08 bits per heavy atom. The van der Waals surface area contributed by atoms with Crippen molar-refractivity contribution in [1.29, 1.82) is 0 Å². The van der Waals surface area contributed by atoms with E-state index in [4.69, 9.17) is 24.7 Å². The van der Waals surface area contributed by atoms with Crippen LogP contribution < -0.4 is 19.9 Å². The Morgan fingerprint density at radius 3 is 2.31 bits per heavy atom. The van der Waals surface area contributed by atoms with Crippen LogP contribution >= 0.6 is 0 Å². The number of aliphatic hydroxyl groups excluding tert-OH is 4. The third kappa shape index (κ3) is 4.20. The summed E-state index contributed by atoms with van der Waals surface area (Å²) in [7, 11) is 2.91. The Hall–Kier alpha value is -1.62. The third-order valence-electron chi connectivity index (χ3n) is 4.21. The molecule has 1 aromatic carbocycles. The third-order valence-corrected chi connectivity index (χ3v) is 4.21. The molecule has 1 heterocycles. The predicted octanol–water partition coefficient (Wildman–Crippen LogP) is -1.23. The lowest BCUT2D eigenvalue weighted by atomic mass is 9.99. The van der Waals surface area contributed by atoms with Gasteiger partial charge in [0, 0.05) is 6.04 Å². The summed E-state index contributed by atoms with van der Waals surface area (Å²) in [5.74, 6) is 0.927. The smallest absolute Gasteiger partial charge is 0.229 e. The highest BCUT2D eigenvalue weighted by atomic mass is 16.7. The second-order valence-corrected chi connectivity index (χ2v) is 6.29. The van der Waals surface area contributed by atoms with Gasteiger partial charge in [-0.05, 0) is 25.0 Å². The highest BCUT2D eigenvalue weighted by molar-refractivity contribution is 5.56. The molecule has 0 radical (unpaired) electrons. The predicted molar refractivity (Wildman–Crippen MR) is 91.3 cm³/mol. The van der Waals surface area contributed by atoms with E-state index >= 15 is 0 Å². The molecule has 6 unspecified atom stereocenters. The molecular formula is C17H27NO8. The van der Waals surface area contributed by atoms with Crippen molar-refractivity contribution >= 4 is 0 Å². The number of hydrogen-bond acceptors (Lipinski definition) is 9. The fourth-order valence-corrected chi connectivity index (χ4v) is 2.86. The van der Waals surface area contributed by atoms with Crippen molar-refractivity contribution < 1.29 is 39.4 Å². The number of hydrogen-bond donors (Lipinski definition) is 5. The minimum atomic E-state index is -1.54. The molecule has 0 saturated carbocycles. The maximum atomic E-state index is 10.2. The van der Waals surface area contributed by atoms with Gasteiger partial charge in [-0.15, -0.1) is 0 Å². The SMILES string of the molecule is COc1ccc(CC(C)N)c(OC2OC(CO)C(O)C(O)C2O)c1OC. The van der Waals surface area contributed by atoms with Crippen LogP contribution in [0.3, 0.4) is 0 Å². The molecule has 6 atom stereocenters. The Kier molecular flexibility index (Phi) is 7.04. The Morgan fingerprint density at radius 2 is 1.77 bits per heavy atom. The van der Waals surface area contributed by atoms with Gasteiger partial charge in [0.1, 0.15) is 24.4 Å². The molecule has 26 heavy (non-hydrogen) atoms. The average Bonchev–Trinajstić information content (AvgIpc) is 2.62. The van der Waals surface area contributed by atoms with Crippen molar-refractivity contribution in [3.8, 4) is 17.2 Å². The molecule has 0 aliphatic carbocycles. The molecule has 0 amide bonds. The molecular weight excluding hydrogens is 346 g/mol. The molecule has 0 aromatic heterocycles. The van der Waals surface area contributed by atoms with Crippen LogP contribution in [-0.4, -0.2) is 78.0 Å². The largest absolute Gasteiger partial charge is 0.493 e. The van der Waals surface area contributed by atoms with E-state index in [1.54, 1.807) is 12.1 Å². The second kappa shape index (κ2) is 8.85. The number of benzene rings is 1. The van der Waals surface area contributed by atoms with Gasteiger partial charge in [-0.2, -0.15) is 0 Å². The van der Waals surface area contributed by atoms with Gasteiger partial charge in [0.15, 0.2) is 11.5 Å². The summed E-state index contributed by atoms with van der Waals surface area (Å²) in [5.41, 5.74) is 6.57. The zero-order chi connectivity index (χ0) is 19.4. The van der Waals surface area contributed by atoms with Crippen LogP contribution in [0.15, 0.2) is 12.1 Å². The first-order chi connectivity index (χ1) is 12.3. The second-order valence-electron chi connectivity index (χ2n) is 6.29. The lowest BCUT2D eigenvalue weighted by molar-refractivity contribution is -0.277. The van der Waals surface area contributed by atoms with Gasteiger partial charge in [-0.1, -0.05) is 6.07 Å². The van der Waals surface area contributed by atoms with Crippen LogP contribution in [0.2, 0.25) is 0 Å². The molecule has 1 saturated heterocycles. The Bertz CT molecular complexity index is 594. The summed E-state index contributed by atoms with van der Waals surface area (Å²) in [6, 6.07) is 3.28. The lowest BCUT2D eigenvalue weighted by Crippen LogP contribution is -2.60. The standard InChI is InChI=1S/C17H27NO8/c1-8(18)6-9-4-5-10(23-2)16(24-3)15(9)26-17-14(22)13(21)12(20)11(7-19)25-17/h4-5,8,11-14,17,19-22H,6-7,18H2,1-3H3. The van der Waals surface area contributed by atoms with E-state index in [0.29, 0.717) is 17.7 Å². The van der Waals surface area contributed by atoms with E-state index in [0.717, 1.165) is 0 Å². The van der Waals surface area contributed by atoms with Crippen LogP contribution in [0.1, 0.15) is 12.5 Å². The molecule has 2 rings (SSSR count). The Labute approximate surface area is 151 Å². The maximum Gasteiger partial charge on any atom is 0.229 e. The van der Waals surface area contributed by atoms with Crippen molar-refractivity contribution in [2.24, 2.45) is 5.73 Å². The summed E-state index contributed by atoms with van der Waals surface area (Å²) in [6.45, 7) is 1.28. The van der Waals surface area contributed by atoms with Gasteiger partial charge in [-0.3, -0.25) is 0 Å². The molecule has 148 valence electrons. The van der Waals surface area contributed by atoms with Gasteiger partial charge < -0.3 is 45.1 Å². The number of methoxy groups -OCH3 is 2. The normalized spacial score (nSPS) is 29.9. The summed E-state index contributed by atoms with van der Waals surface area (Å²) < 4.78 is 21.9. The molecule has 9 nitrogen and oxygen atoms in total. The molecule has 0 spiro atoms. The first-order valence-corrected chi connectivity index (χ1v) is 8.30. The number of ether oxygens (including phenoxy) is 4. The van der Waals surface area contributed by atoms with Gasteiger partial charge in [-0.25, -0.2) is 0 Å². The highest BCUT2D eigenvalue weighted by Gasteiger charge is 2.45. The summed E-state index contributed by atoms with van der Waals surface area (Å²) in [5, 5.41) is 39.3. The lowest BCUT2D eigenvalue weighted by Gasteiger charge is -2.40. The molecule has 1 aliphatic rings. The average molecular weight is 373 g/mol. The van der Waals surface area contributed by atoms with Crippen molar-refractivity contribution in [2.45, 2.75) is 50.1 Å². The zero-order valence-corrected chi connectivity index (χ0v) is 15.0. The number of nitrogens with two attached hydrogens (primary N) is 1. The zero-order valence-electron chi connectivity index (χ0n) is 15.0. The van der Waals surface area contributed by atoms with E-state index < -0.39 is 37.3 Å². The molecule has 0 bridgehead atoms. The van der Waals surface area contributed by atoms with E-state index in [-0.39, 0.29) is 17.5 Å². The van der Waals surface area contributed by atoms with Crippen LogP contribution in [0, 0.1) is 0 Å². The molecule has 9 heteroatoms. The number of rotatable bonds is 7. The van der Waals surface area contributed by atoms with E-state index in [1.165, 1.54) is 14.2 Å². The Balaban J connectivity index is 2.39. The van der Waals surface area contributed by atoms with Crippen molar-refractivity contribution in [3.63, 3.8) is 0 Å². The van der Waals surface area contributed by atoms with Crippen LogP contribution in [0.25, 0.3) is 0 Å². The summed E-state index contributed by atoms with van der Waals surface area (Å²) in [4.78, 5) is 0. The van der Waals surface area contributed by atoms with Gasteiger partial charge >= 0.3 is 0 Å². The first-order valence-electron chi connectivity index (χ1n) is 8.30. The van der Waals surface area contributed by atoms with Crippen LogP contribution in [0.4, 0.5) is 0 Å². The van der Waals surface area contributed by atoms with Gasteiger partial charge in [0.25, 0.3) is 0 Å². The quantitative estimate of drug-likeness (QED) is 0.397. The van der Waals surface area contributed by atoms with Crippen molar-refractivity contribution in [3.05, 3.63) is 17.7 Å². The van der Waals surface area contributed by atoms with Gasteiger partial charge in [0.05, 0.1) is 20.8 Å². The van der Waals surface area contributed by atoms with Crippen molar-refractivity contribution in [1.82, 2.24) is 0 Å². The highest BCUT2D eigenvalue weighted by Crippen LogP contribution is 2.41. The van der Waals surface area contributed by atoms with Crippen molar-refractivity contribution in [2.75, 3.05) is 20.8 Å². The fourth-order valence-electron chi connectivity index (χ4n) is 2.86. The first kappa shape index (κ1) is 20.7. The van der Waals surface area contributed by atoms with Crippen LogP contribution in [0.5, 0.6) is 17.2 Å². The van der Waals surface area contributed by atoms with Crippen LogP contribution in [-0.2, 0) is 11.2 Å². The van der Waals surface area contributed by atoms with E-state index in [2.05, 4.69) is 0 Å². The van der Waals surface area contributed by atoms with E-state index in [9.17, 15) is 20.4 Å². The topological polar surface area (TPSA) is 144 Å². The minimum absolute atomic E-state index is 0.176. The molecule has 1 aliphatic heterocycles. The molecule has 1 aromatic rings. The summed E-state index contributed by atoms with van der Waals surface area (Å²) >= 11 is 0. The summed E-state index contributed by atoms with van der Waals surface area (Å²) in [6.07, 6.45) is -6.50. The number of aliphatic hydroxyl groups is 4. The fraction of sp³-hybridized carbons (Fsp3) is 0.647.